The van der Waals surface area contributed by atoms with Crippen molar-refractivity contribution in [1.29, 1.82) is 0 Å². The topological polar surface area (TPSA) is 80.1 Å². The van der Waals surface area contributed by atoms with Crippen LogP contribution in [0.25, 0.3) is 10.3 Å². The largest absolute Gasteiger partial charge is 0.348 e. The number of anilines is 2. The Balaban J connectivity index is 1.53. The number of carbonyl (C=O) groups is 1. The van der Waals surface area contributed by atoms with Crippen LogP contribution < -0.4 is 15.8 Å². The monoisotopic (exact) mass is 457 g/mol. The van der Waals surface area contributed by atoms with Crippen molar-refractivity contribution in [2.45, 2.75) is 45.3 Å². The summed E-state index contributed by atoms with van der Waals surface area (Å²) in [4.78, 5) is 37.0. The Morgan fingerprint density at radius 3 is 2.77 bits per heavy atom. The van der Waals surface area contributed by atoms with Crippen LogP contribution in [0.3, 0.4) is 0 Å². The molecule has 0 spiro atoms. The summed E-state index contributed by atoms with van der Waals surface area (Å²) in [5, 5.41) is 4.30. The SMILES string of the molecule is CCn1c(SCC(=O)Nc2cccc(C)c2)nc2nc(N3CCC(C)CC3)sc2c1=O. The molecule has 31 heavy (non-hydrogen) atoms. The minimum absolute atomic E-state index is 0.0804. The van der Waals surface area contributed by atoms with Gasteiger partial charge in [-0.3, -0.25) is 14.2 Å². The molecule has 4 rings (SSSR count). The highest BCUT2D eigenvalue weighted by Gasteiger charge is 2.22. The summed E-state index contributed by atoms with van der Waals surface area (Å²) in [6.07, 6.45) is 2.28. The van der Waals surface area contributed by atoms with Gasteiger partial charge in [0.15, 0.2) is 15.9 Å². The van der Waals surface area contributed by atoms with E-state index in [1.807, 2.05) is 38.1 Å². The molecule has 1 aromatic carbocycles. The molecule has 1 N–H and O–H groups in total. The lowest BCUT2D eigenvalue weighted by Crippen LogP contribution is -2.32. The standard InChI is InChI=1S/C22H27N5O2S2/c1-4-27-20(29)18-19(24-21(31-18)26-10-8-14(2)9-11-26)25-22(27)30-13-17(28)23-16-7-5-6-15(3)12-16/h5-7,12,14H,4,8-11,13H2,1-3H3,(H,23,28). The smallest absolute Gasteiger partial charge is 0.273 e. The van der Waals surface area contributed by atoms with Crippen molar-refractivity contribution in [2.24, 2.45) is 5.92 Å². The number of hydrogen-bond donors (Lipinski definition) is 1. The van der Waals surface area contributed by atoms with Crippen molar-refractivity contribution in [2.75, 3.05) is 29.1 Å². The fraction of sp³-hybridized carbons (Fsp3) is 0.455. The summed E-state index contributed by atoms with van der Waals surface area (Å²) in [7, 11) is 0. The highest BCUT2D eigenvalue weighted by molar-refractivity contribution is 7.99. The second-order valence-electron chi connectivity index (χ2n) is 7.97. The first-order chi connectivity index (χ1) is 14.9. The summed E-state index contributed by atoms with van der Waals surface area (Å²) in [5.74, 6) is 0.774. The molecule has 1 fully saturated rings. The van der Waals surface area contributed by atoms with Crippen LogP contribution >= 0.6 is 23.1 Å². The van der Waals surface area contributed by atoms with Crippen LogP contribution in [0.4, 0.5) is 10.8 Å². The molecule has 0 saturated carbocycles. The van der Waals surface area contributed by atoms with Gasteiger partial charge >= 0.3 is 0 Å². The number of piperidine rings is 1. The Labute approximate surface area is 189 Å². The predicted octanol–water partition coefficient (Wildman–Crippen LogP) is 4.15. The van der Waals surface area contributed by atoms with Crippen molar-refractivity contribution in [3.8, 4) is 0 Å². The number of hydrogen-bond acceptors (Lipinski definition) is 7. The molecule has 1 aliphatic heterocycles. The van der Waals surface area contributed by atoms with Gasteiger partial charge in [0.05, 0.1) is 5.75 Å². The van der Waals surface area contributed by atoms with E-state index >= 15 is 0 Å². The first-order valence-electron chi connectivity index (χ1n) is 10.6. The van der Waals surface area contributed by atoms with E-state index < -0.39 is 0 Å². The predicted molar refractivity (Wildman–Crippen MR) is 128 cm³/mol. The quantitative estimate of drug-likeness (QED) is 0.442. The number of nitrogens with one attached hydrogen (secondary N) is 1. The molecular formula is C22H27N5O2S2. The summed E-state index contributed by atoms with van der Waals surface area (Å²) < 4.78 is 2.22. The lowest BCUT2D eigenvalue weighted by Gasteiger charge is -2.29. The lowest BCUT2D eigenvalue weighted by atomic mass is 10.00. The van der Waals surface area contributed by atoms with E-state index in [2.05, 4.69) is 27.1 Å². The number of thiazole rings is 1. The van der Waals surface area contributed by atoms with Crippen molar-refractivity contribution < 1.29 is 4.79 Å². The Kier molecular flexibility index (Phi) is 6.62. The third kappa shape index (κ3) is 4.93. The fourth-order valence-electron chi connectivity index (χ4n) is 3.65. The van der Waals surface area contributed by atoms with E-state index in [0.717, 1.165) is 48.2 Å². The van der Waals surface area contributed by atoms with Crippen LogP contribution in [0.5, 0.6) is 0 Å². The maximum absolute atomic E-state index is 13.1. The van der Waals surface area contributed by atoms with Gasteiger partial charge in [-0.1, -0.05) is 42.2 Å². The molecule has 0 unspecified atom stereocenters. The minimum atomic E-state index is -0.131. The molecule has 9 heteroatoms. The summed E-state index contributed by atoms with van der Waals surface area (Å²) >= 11 is 2.70. The minimum Gasteiger partial charge on any atom is -0.348 e. The van der Waals surface area contributed by atoms with E-state index in [1.165, 1.54) is 23.1 Å². The van der Waals surface area contributed by atoms with Gasteiger partial charge in [0, 0.05) is 25.3 Å². The summed E-state index contributed by atoms with van der Waals surface area (Å²) in [5.41, 5.74) is 2.25. The van der Waals surface area contributed by atoms with Crippen LogP contribution in [0.2, 0.25) is 0 Å². The second-order valence-corrected chi connectivity index (χ2v) is 9.89. The van der Waals surface area contributed by atoms with Crippen molar-refractivity contribution in [1.82, 2.24) is 14.5 Å². The third-order valence-electron chi connectivity index (χ3n) is 5.47. The number of amides is 1. The third-order valence-corrected chi connectivity index (χ3v) is 7.54. The molecule has 0 radical (unpaired) electrons. The maximum atomic E-state index is 13.1. The van der Waals surface area contributed by atoms with Gasteiger partial charge in [-0.05, 0) is 50.3 Å². The van der Waals surface area contributed by atoms with Gasteiger partial charge in [0.2, 0.25) is 5.91 Å². The van der Waals surface area contributed by atoms with Crippen LogP contribution in [0.1, 0.15) is 32.3 Å². The molecule has 0 aliphatic carbocycles. The van der Waals surface area contributed by atoms with Crippen LogP contribution in [-0.4, -0.2) is 39.3 Å². The average Bonchev–Trinajstić information content (AvgIpc) is 3.17. The fourth-order valence-corrected chi connectivity index (χ4v) is 5.51. The molecule has 3 heterocycles. The van der Waals surface area contributed by atoms with E-state index in [-0.39, 0.29) is 17.2 Å². The van der Waals surface area contributed by atoms with Gasteiger partial charge in [-0.2, -0.15) is 4.98 Å². The zero-order chi connectivity index (χ0) is 22.0. The number of benzene rings is 1. The zero-order valence-electron chi connectivity index (χ0n) is 18.1. The van der Waals surface area contributed by atoms with E-state index in [4.69, 9.17) is 0 Å². The normalized spacial score (nSPS) is 14.9. The molecule has 1 amide bonds. The van der Waals surface area contributed by atoms with Crippen LogP contribution in [0.15, 0.2) is 34.2 Å². The first-order valence-corrected chi connectivity index (χ1v) is 12.4. The Morgan fingerprint density at radius 2 is 2.06 bits per heavy atom. The van der Waals surface area contributed by atoms with Crippen LogP contribution in [0, 0.1) is 12.8 Å². The Hall–Kier alpha value is -2.39. The molecule has 7 nitrogen and oxygen atoms in total. The molecule has 164 valence electrons. The van der Waals surface area contributed by atoms with Gasteiger partial charge in [0.25, 0.3) is 5.56 Å². The molecule has 0 bridgehead atoms. The number of nitrogens with zero attached hydrogens (tertiary/aromatic N) is 4. The number of thioether (sulfide) groups is 1. The number of fused-ring (bicyclic) bond motifs is 1. The molecule has 2 aromatic heterocycles. The zero-order valence-corrected chi connectivity index (χ0v) is 19.7. The van der Waals surface area contributed by atoms with Gasteiger partial charge < -0.3 is 10.2 Å². The van der Waals surface area contributed by atoms with Gasteiger partial charge in [-0.25, -0.2) is 4.98 Å². The molecule has 1 saturated heterocycles. The average molecular weight is 458 g/mol. The Morgan fingerprint density at radius 1 is 1.29 bits per heavy atom. The number of carbonyl (C=O) groups excluding carboxylic acids is 1. The van der Waals surface area contributed by atoms with E-state index in [0.29, 0.717) is 22.0 Å². The van der Waals surface area contributed by atoms with Gasteiger partial charge in [0.1, 0.15) is 4.70 Å². The van der Waals surface area contributed by atoms with Crippen molar-refractivity contribution in [3.63, 3.8) is 0 Å². The molecular weight excluding hydrogens is 430 g/mol. The number of rotatable bonds is 6. The maximum Gasteiger partial charge on any atom is 0.273 e. The van der Waals surface area contributed by atoms with Crippen molar-refractivity contribution in [3.05, 3.63) is 40.2 Å². The first kappa shape index (κ1) is 21.8. The summed E-state index contributed by atoms with van der Waals surface area (Å²) in [6, 6.07) is 7.67. The Bertz CT molecular complexity index is 1150. The lowest BCUT2D eigenvalue weighted by molar-refractivity contribution is -0.113. The van der Waals surface area contributed by atoms with Crippen molar-refractivity contribution >= 4 is 50.2 Å². The van der Waals surface area contributed by atoms with Crippen LogP contribution in [-0.2, 0) is 11.3 Å². The number of aromatic nitrogens is 3. The second kappa shape index (κ2) is 9.40. The molecule has 3 aromatic rings. The van der Waals surface area contributed by atoms with E-state index in [9.17, 15) is 9.59 Å². The summed E-state index contributed by atoms with van der Waals surface area (Å²) in [6.45, 7) is 8.59. The van der Waals surface area contributed by atoms with E-state index in [1.54, 1.807) is 4.57 Å². The van der Waals surface area contributed by atoms with Gasteiger partial charge in [-0.15, -0.1) is 0 Å². The highest BCUT2D eigenvalue weighted by atomic mass is 32.2. The molecule has 1 aliphatic rings. The molecule has 0 atom stereocenters. The number of aryl methyl sites for hydroxylation is 1. The highest BCUT2D eigenvalue weighted by Crippen LogP contribution is 2.30.